The summed E-state index contributed by atoms with van der Waals surface area (Å²) in [6.07, 6.45) is 1.74. The van der Waals surface area contributed by atoms with Crippen LogP contribution in [0.15, 0.2) is 48.1 Å². The second kappa shape index (κ2) is 7.73. The zero-order valence-corrected chi connectivity index (χ0v) is 17.1. The third-order valence-corrected chi connectivity index (χ3v) is 5.56. The molecule has 3 aromatic rings. The van der Waals surface area contributed by atoms with E-state index >= 15 is 0 Å². The van der Waals surface area contributed by atoms with Crippen LogP contribution in [0.4, 0.5) is 0 Å². The highest BCUT2D eigenvalue weighted by molar-refractivity contribution is 7.71. The van der Waals surface area contributed by atoms with Gasteiger partial charge in [-0.25, -0.2) is 4.68 Å². The molecule has 1 aromatic carbocycles. The van der Waals surface area contributed by atoms with Crippen molar-refractivity contribution in [3.8, 4) is 11.4 Å². The van der Waals surface area contributed by atoms with E-state index in [-0.39, 0.29) is 11.5 Å². The molecule has 26 heavy (non-hydrogen) atoms. The first-order valence-electron chi connectivity index (χ1n) is 8.46. The van der Waals surface area contributed by atoms with Gasteiger partial charge < -0.3 is 4.74 Å². The molecule has 1 atom stereocenters. The van der Waals surface area contributed by atoms with Crippen LogP contribution < -0.4 is 10.1 Å². The van der Waals surface area contributed by atoms with E-state index in [1.54, 1.807) is 29.5 Å². The van der Waals surface area contributed by atoms with Gasteiger partial charge in [-0.05, 0) is 41.2 Å². The van der Waals surface area contributed by atoms with Gasteiger partial charge in [0.2, 0.25) is 4.77 Å². The average Bonchev–Trinajstić information content (AvgIpc) is 3.25. The van der Waals surface area contributed by atoms with E-state index in [9.17, 15) is 0 Å². The first-order chi connectivity index (χ1) is 12.4. The highest BCUT2D eigenvalue weighted by atomic mass is 32.1. The summed E-state index contributed by atoms with van der Waals surface area (Å²) >= 11 is 7.40. The SMILES string of the molecule is COc1ccccc1-n1cnn(CNC(c2cccs2)C(C)(C)C)c1=S. The number of aromatic nitrogens is 3. The molecule has 0 amide bonds. The molecular formula is C19H24N4OS2. The molecule has 3 rings (SSSR count). The molecule has 0 spiro atoms. The van der Waals surface area contributed by atoms with Crippen LogP contribution in [0.25, 0.3) is 5.69 Å². The summed E-state index contributed by atoms with van der Waals surface area (Å²) < 4.78 is 9.73. The number of hydrogen-bond acceptors (Lipinski definition) is 5. The smallest absolute Gasteiger partial charge is 0.203 e. The molecule has 2 heterocycles. The Hall–Kier alpha value is -1.96. The number of nitrogens with zero attached hydrogens (tertiary/aromatic N) is 3. The minimum absolute atomic E-state index is 0.0816. The topological polar surface area (TPSA) is 44.0 Å². The minimum atomic E-state index is 0.0816. The van der Waals surface area contributed by atoms with Gasteiger partial charge in [-0.15, -0.1) is 11.3 Å². The van der Waals surface area contributed by atoms with Crippen molar-refractivity contribution >= 4 is 23.6 Å². The Kier molecular flexibility index (Phi) is 5.60. The number of hydrogen-bond donors (Lipinski definition) is 1. The van der Waals surface area contributed by atoms with Crippen LogP contribution in [0.3, 0.4) is 0 Å². The molecule has 0 bridgehead atoms. The van der Waals surface area contributed by atoms with Crippen molar-refractivity contribution in [3.63, 3.8) is 0 Å². The quantitative estimate of drug-likeness (QED) is 0.616. The van der Waals surface area contributed by atoms with Crippen LogP contribution in [-0.4, -0.2) is 21.5 Å². The Morgan fingerprint density at radius 2 is 2.00 bits per heavy atom. The Morgan fingerprint density at radius 1 is 1.23 bits per heavy atom. The van der Waals surface area contributed by atoms with Gasteiger partial charge in [-0.3, -0.25) is 9.88 Å². The fraction of sp³-hybridized carbons (Fsp3) is 0.368. The van der Waals surface area contributed by atoms with Gasteiger partial charge in [-0.2, -0.15) is 5.10 Å². The van der Waals surface area contributed by atoms with Gasteiger partial charge in [-0.1, -0.05) is 39.0 Å². The fourth-order valence-electron chi connectivity index (χ4n) is 2.91. The number of methoxy groups -OCH3 is 1. The molecule has 0 fully saturated rings. The van der Waals surface area contributed by atoms with E-state index in [0.29, 0.717) is 11.4 Å². The van der Waals surface area contributed by atoms with Crippen molar-refractivity contribution in [1.29, 1.82) is 0 Å². The van der Waals surface area contributed by atoms with Gasteiger partial charge in [0.1, 0.15) is 12.1 Å². The summed E-state index contributed by atoms with van der Waals surface area (Å²) in [4.78, 5) is 1.31. The Balaban J connectivity index is 1.84. The zero-order chi connectivity index (χ0) is 18.7. The average molecular weight is 389 g/mol. The highest BCUT2D eigenvalue weighted by Gasteiger charge is 2.26. The Labute approximate surface area is 163 Å². The van der Waals surface area contributed by atoms with Crippen molar-refractivity contribution in [3.05, 3.63) is 57.8 Å². The second-order valence-electron chi connectivity index (χ2n) is 7.13. The number of benzene rings is 1. The third-order valence-electron chi connectivity index (χ3n) is 4.22. The zero-order valence-electron chi connectivity index (χ0n) is 15.5. The van der Waals surface area contributed by atoms with Gasteiger partial charge in [0.15, 0.2) is 0 Å². The molecule has 2 aromatic heterocycles. The lowest BCUT2D eigenvalue weighted by atomic mass is 9.86. The molecule has 138 valence electrons. The number of thiophene rings is 1. The lowest BCUT2D eigenvalue weighted by molar-refractivity contribution is 0.255. The van der Waals surface area contributed by atoms with E-state index < -0.39 is 0 Å². The molecule has 0 saturated carbocycles. The van der Waals surface area contributed by atoms with Crippen LogP contribution in [-0.2, 0) is 6.67 Å². The van der Waals surface area contributed by atoms with Gasteiger partial charge in [0.05, 0.1) is 19.5 Å². The van der Waals surface area contributed by atoms with Crippen molar-refractivity contribution in [2.75, 3.05) is 7.11 Å². The van der Waals surface area contributed by atoms with Crippen molar-refractivity contribution in [2.45, 2.75) is 33.5 Å². The number of rotatable bonds is 6. The number of ether oxygens (including phenoxy) is 1. The molecule has 0 aliphatic carbocycles. The monoisotopic (exact) mass is 388 g/mol. The van der Waals surface area contributed by atoms with Crippen LogP contribution in [0.2, 0.25) is 0 Å². The van der Waals surface area contributed by atoms with Crippen molar-refractivity contribution in [1.82, 2.24) is 19.7 Å². The second-order valence-corrected chi connectivity index (χ2v) is 8.48. The largest absolute Gasteiger partial charge is 0.495 e. The van der Waals surface area contributed by atoms with Crippen LogP contribution in [0, 0.1) is 10.2 Å². The number of nitrogens with one attached hydrogen (secondary N) is 1. The molecular weight excluding hydrogens is 364 g/mol. The first kappa shape index (κ1) is 18.8. The lowest BCUT2D eigenvalue weighted by Gasteiger charge is -2.30. The van der Waals surface area contributed by atoms with Crippen molar-refractivity contribution < 1.29 is 4.74 Å². The summed E-state index contributed by atoms with van der Waals surface area (Å²) in [5.41, 5.74) is 0.968. The predicted molar refractivity (Wildman–Crippen MR) is 109 cm³/mol. The maximum absolute atomic E-state index is 5.63. The molecule has 1 unspecified atom stereocenters. The van der Waals surface area contributed by atoms with Crippen molar-refractivity contribution in [2.24, 2.45) is 5.41 Å². The van der Waals surface area contributed by atoms with Gasteiger partial charge in [0, 0.05) is 10.9 Å². The van der Waals surface area contributed by atoms with Gasteiger partial charge in [0.25, 0.3) is 0 Å². The summed E-state index contributed by atoms with van der Waals surface area (Å²) in [5.74, 6) is 0.766. The summed E-state index contributed by atoms with van der Waals surface area (Å²) in [6.45, 7) is 7.24. The molecule has 1 N–H and O–H groups in total. The van der Waals surface area contributed by atoms with Crippen LogP contribution in [0.1, 0.15) is 31.7 Å². The normalized spacial score (nSPS) is 12.9. The predicted octanol–water partition coefficient (Wildman–Crippen LogP) is 4.81. The highest BCUT2D eigenvalue weighted by Crippen LogP contribution is 2.35. The van der Waals surface area contributed by atoms with Gasteiger partial charge >= 0.3 is 0 Å². The van der Waals surface area contributed by atoms with E-state index in [2.05, 4.69) is 48.7 Å². The van der Waals surface area contributed by atoms with E-state index in [1.165, 1.54) is 4.88 Å². The molecule has 0 radical (unpaired) electrons. The Bertz CT molecular complexity index is 906. The Morgan fingerprint density at radius 3 is 2.65 bits per heavy atom. The fourth-order valence-corrected chi connectivity index (χ4v) is 4.21. The lowest BCUT2D eigenvalue weighted by Crippen LogP contribution is -2.33. The molecule has 0 aliphatic heterocycles. The van der Waals surface area contributed by atoms with Crippen LogP contribution >= 0.6 is 23.6 Å². The molecule has 0 saturated heterocycles. The maximum Gasteiger partial charge on any atom is 0.203 e. The maximum atomic E-state index is 5.63. The number of para-hydroxylation sites is 2. The van der Waals surface area contributed by atoms with E-state index in [0.717, 1.165) is 11.4 Å². The molecule has 0 aliphatic rings. The summed E-state index contributed by atoms with van der Waals surface area (Å²) in [6, 6.07) is 12.3. The third kappa shape index (κ3) is 3.90. The summed E-state index contributed by atoms with van der Waals surface area (Å²) in [7, 11) is 1.66. The summed E-state index contributed by atoms with van der Waals surface area (Å²) in [5, 5.41) is 10.2. The molecule has 5 nitrogen and oxygen atoms in total. The first-order valence-corrected chi connectivity index (χ1v) is 9.75. The van der Waals surface area contributed by atoms with E-state index in [4.69, 9.17) is 17.0 Å². The minimum Gasteiger partial charge on any atom is -0.495 e. The standard InChI is InChI=1S/C19H24N4OS2/c1-19(2,3)17(16-10-7-11-26-16)20-12-23-18(25)22(13-21-23)14-8-5-6-9-15(14)24-4/h5-11,13,17,20H,12H2,1-4H3. The van der Waals surface area contributed by atoms with E-state index in [1.807, 2.05) is 28.8 Å². The molecule has 7 heteroatoms. The van der Waals surface area contributed by atoms with Crippen LogP contribution in [0.5, 0.6) is 5.75 Å².